The number of amides is 1. The lowest BCUT2D eigenvalue weighted by atomic mass is 10.2. The Morgan fingerprint density at radius 3 is 2.81 bits per heavy atom. The van der Waals surface area contributed by atoms with E-state index in [0.29, 0.717) is 24.2 Å². The fraction of sp³-hybridized carbons (Fsp3) is 0.583. The fourth-order valence-electron chi connectivity index (χ4n) is 2.30. The monoisotopic (exact) mass is 241 g/mol. The van der Waals surface area contributed by atoms with Gasteiger partial charge in [0.25, 0.3) is 5.91 Å². The molecule has 1 heterocycles. The Bertz CT molecular complexity index is 331. The minimum atomic E-state index is -0.0300. The van der Waals surface area contributed by atoms with Gasteiger partial charge in [-0.2, -0.15) is 0 Å². The van der Waals surface area contributed by atoms with Crippen molar-refractivity contribution in [2.24, 2.45) is 0 Å². The summed E-state index contributed by atoms with van der Waals surface area (Å²) < 4.78 is 5.15. The third kappa shape index (κ3) is 2.40. The minimum Gasteiger partial charge on any atom is -0.459 e. The van der Waals surface area contributed by atoms with E-state index in [2.05, 4.69) is 0 Å². The molecule has 4 heteroatoms. The van der Waals surface area contributed by atoms with Gasteiger partial charge in [-0.1, -0.05) is 12.8 Å². The predicted octanol–water partition coefficient (Wildman–Crippen LogP) is 2.90. The van der Waals surface area contributed by atoms with Gasteiger partial charge in [-0.25, -0.2) is 0 Å². The van der Waals surface area contributed by atoms with Crippen molar-refractivity contribution in [3.05, 3.63) is 24.2 Å². The van der Waals surface area contributed by atoms with Gasteiger partial charge >= 0.3 is 0 Å². The number of alkyl halides is 1. The summed E-state index contributed by atoms with van der Waals surface area (Å²) in [6.45, 7) is 0.603. The first-order valence-electron chi connectivity index (χ1n) is 5.73. The Morgan fingerprint density at radius 2 is 2.25 bits per heavy atom. The summed E-state index contributed by atoms with van der Waals surface area (Å²) in [5, 5.41) is 0. The maximum Gasteiger partial charge on any atom is 0.289 e. The molecule has 0 aliphatic heterocycles. The lowest BCUT2D eigenvalue weighted by Crippen LogP contribution is -2.40. The molecule has 88 valence electrons. The topological polar surface area (TPSA) is 33.5 Å². The van der Waals surface area contributed by atoms with E-state index in [1.807, 2.05) is 4.90 Å². The van der Waals surface area contributed by atoms with Gasteiger partial charge in [0.2, 0.25) is 0 Å². The predicted molar refractivity (Wildman–Crippen MR) is 62.7 cm³/mol. The molecule has 1 aliphatic rings. The number of hydrogen-bond donors (Lipinski definition) is 0. The van der Waals surface area contributed by atoms with E-state index < -0.39 is 0 Å². The van der Waals surface area contributed by atoms with Gasteiger partial charge in [0.1, 0.15) is 0 Å². The molecule has 16 heavy (non-hydrogen) atoms. The molecular weight excluding hydrogens is 226 g/mol. The highest BCUT2D eigenvalue weighted by atomic mass is 35.5. The van der Waals surface area contributed by atoms with Crippen molar-refractivity contribution in [3.8, 4) is 0 Å². The number of carbonyl (C=O) groups excluding carboxylic acids is 1. The summed E-state index contributed by atoms with van der Waals surface area (Å²) in [6.07, 6.45) is 6.11. The molecule has 1 fully saturated rings. The highest BCUT2D eigenvalue weighted by Crippen LogP contribution is 2.24. The summed E-state index contributed by atoms with van der Waals surface area (Å²) in [5.41, 5.74) is 0. The lowest BCUT2D eigenvalue weighted by molar-refractivity contribution is 0.0662. The molecule has 0 unspecified atom stereocenters. The zero-order chi connectivity index (χ0) is 11.4. The van der Waals surface area contributed by atoms with Gasteiger partial charge in [0.05, 0.1) is 6.26 Å². The Balaban J connectivity index is 2.09. The van der Waals surface area contributed by atoms with Crippen LogP contribution in [0.4, 0.5) is 0 Å². The fourth-order valence-corrected chi connectivity index (χ4v) is 2.48. The van der Waals surface area contributed by atoms with Crippen LogP contribution in [0.1, 0.15) is 36.2 Å². The van der Waals surface area contributed by atoms with Gasteiger partial charge in [-0.3, -0.25) is 4.79 Å². The third-order valence-corrected chi connectivity index (χ3v) is 3.25. The van der Waals surface area contributed by atoms with E-state index >= 15 is 0 Å². The zero-order valence-corrected chi connectivity index (χ0v) is 9.95. The maximum atomic E-state index is 12.2. The van der Waals surface area contributed by atoms with Gasteiger partial charge in [0, 0.05) is 18.5 Å². The van der Waals surface area contributed by atoms with Crippen molar-refractivity contribution in [2.75, 3.05) is 12.4 Å². The molecule has 2 rings (SSSR count). The second-order valence-corrected chi connectivity index (χ2v) is 4.48. The average molecular weight is 242 g/mol. The summed E-state index contributed by atoms with van der Waals surface area (Å²) in [5.74, 6) is 0.859. The Labute approximate surface area is 100 Å². The first-order chi connectivity index (χ1) is 7.83. The van der Waals surface area contributed by atoms with E-state index in [-0.39, 0.29) is 5.91 Å². The van der Waals surface area contributed by atoms with Gasteiger partial charge in [-0.15, -0.1) is 11.6 Å². The molecule has 1 saturated carbocycles. The highest BCUT2D eigenvalue weighted by molar-refractivity contribution is 6.18. The van der Waals surface area contributed by atoms with Gasteiger partial charge in [0.15, 0.2) is 5.76 Å². The summed E-state index contributed by atoms with van der Waals surface area (Å²) in [4.78, 5) is 14.0. The van der Waals surface area contributed by atoms with Crippen molar-refractivity contribution >= 4 is 17.5 Å². The van der Waals surface area contributed by atoms with E-state index in [1.165, 1.54) is 19.1 Å². The number of nitrogens with zero attached hydrogens (tertiary/aromatic N) is 1. The van der Waals surface area contributed by atoms with Gasteiger partial charge in [-0.05, 0) is 25.0 Å². The largest absolute Gasteiger partial charge is 0.459 e. The molecule has 1 aliphatic carbocycles. The molecule has 0 N–H and O–H groups in total. The van der Waals surface area contributed by atoms with Crippen LogP contribution < -0.4 is 0 Å². The summed E-state index contributed by atoms with van der Waals surface area (Å²) >= 11 is 5.76. The Hall–Kier alpha value is -0.960. The average Bonchev–Trinajstić information content (AvgIpc) is 2.96. The highest BCUT2D eigenvalue weighted by Gasteiger charge is 2.28. The van der Waals surface area contributed by atoms with Gasteiger partial charge < -0.3 is 9.32 Å². The molecular formula is C12H16ClNO2. The van der Waals surface area contributed by atoms with Crippen LogP contribution in [0.3, 0.4) is 0 Å². The first kappa shape index (κ1) is 11.5. The molecule has 0 atom stereocenters. The van der Waals surface area contributed by atoms with E-state index in [9.17, 15) is 4.79 Å². The number of carbonyl (C=O) groups is 1. The van der Waals surface area contributed by atoms with Crippen LogP contribution >= 0.6 is 11.6 Å². The lowest BCUT2D eigenvalue weighted by Gasteiger charge is -2.27. The second kappa shape index (κ2) is 5.39. The van der Waals surface area contributed by atoms with Crippen LogP contribution in [0.5, 0.6) is 0 Å². The van der Waals surface area contributed by atoms with E-state index in [4.69, 9.17) is 16.0 Å². The van der Waals surface area contributed by atoms with Crippen molar-refractivity contribution < 1.29 is 9.21 Å². The summed E-state index contributed by atoms with van der Waals surface area (Å²) in [7, 11) is 0. The molecule has 0 radical (unpaired) electrons. The SMILES string of the molecule is O=C(c1ccco1)N(CCCl)C1CCCC1. The normalized spacial score (nSPS) is 16.6. The zero-order valence-electron chi connectivity index (χ0n) is 9.19. The molecule has 1 aromatic rings. The van der Waals surface area contributed by atoms with E-state index in [1.54, 1.807) is 12.1 Å². The molecule has 3 nitrogen and oxygen atoms in total. The number of halogens is 1. The smallest absolute Gasteiger partial charge is 0.289 e. The first-order valence-corrected chi connectivity index (χ1v) is 6.27. The molecule has 0 aromatic carbocycles. The van der Waals surface area contributed by atoms with Crippen molar-refractivity contribution in [1.29, 1.82) is 0 Å². The van der Waals surface area contributed by atoms with Crippen LogP contribution in [-0.4, -0.2) is 29.3 Å². The molecule has 0 bridgehead atoms. The van der Waals surface area contributed by atoms with Crippen molar-refractivity contribution in [2.45, 2.75) is 31.7 Å². The second-order valence-electron chi connectivity index (χ2n) is 4.10. The Kier molecular flexibility index (Phi) is 3.88. The van der Waals surface area contributed by atoms with Crippen molar-refractivity contribution in [3.63, 3.8) is 0 Å². The Morgan fingerprint density at radius 1 is 1.50 bits per heavy atom. The summed E-state index contributed by atoms with van der Waals surface area (Å²) in [6, 6.07) is 3.79. The van der Waals surface area contributed by atoms with Crippen LogP contribution in [-0.2, 0) is 0 Å². The van der Waals surface area contributed by atoms with Crippen LogP contribution in [0.25, 0.3) is 0 Å². The number of rotatable bonds is 4. The molecule has 0 spiro atoms. The third-order valence-electron chi connectivity index (χ3n) is 3.08. The molecule has 1 amide bonds. The van der Waals surface area contributed by atoms with Crippen LogP contribution in [0.15, 0.2) is 22.8 Å². The number of hydrogen-bond acceptors (Lipinski definition) is 2. The van der Waals surface area contributed by atoms with Crippen LogP contribution in [0.2, 0.25) is 0 Å². The molecule has 1 aromatic heterocycles. The minimum absolute atomic E-state index is 0.0300. The molecule has 0 saturated heterocycles. The standard InChI is InChI=1S/C12H16ClNO2/c13-7-8-14(10-4-1-2-5-10)12(15)11-6-3-9-16-11/h3,6,9-10H,1-2,4-5,7-8H2. The quantitative estimate of drug-likeness (QED) is 0.760. The van der Waals surface area contributed by atoms with E-state index in [0.717, 1.165) is 12.8 Å². The van der Waals surface area contributed by atoms with Crippen LogP contribution in [0, 0.1) is 0 Å². The van der Waals surface area contributed by atoms with Crippen molar-refractivity contribution in [1.82, 2.24) is 4.90 Å². The maximum absolute atomic E-state index is 12.2. The number of furan rings is 1.